The molecule has 0 radical (unpaired) electrons. The first-order valence-corrected chi connectivity index (χ1v) is 7.02. The number of pyridine rings is 1. The van der Waals surface area contributed by atoms with Gasteiger partial charge in [-0.25, -0.2) is 4.39 Å². The fourth-order valence-electron chi connectivity index (χ4n) is 2.21. The van der Waals surface area contributed by atoms with Crippen LogP contribution in [-0.2, 0) is 6.42 Å². The van der Waals surface area contributed by atoms with Crippen molar-refractivity contribution in [3.05, 3.63) is 71.1 Å². The van der Waals surface area contributed by atoms with E-state index in [9.17, 15) is 4.39 Å². The Bertz CT molecular complexity index is 776. The minimum atomic E-state index is -0.340. The van der Waals surface area contributed by atoms with Gasteiger partial charge < -0.3 is 4.74 Å². The molecule has 0 saturated heterocycles. The number of nitrogens with zero attached hydrogens (tertiary/aromatic N) is 1. The van der Waals surface area contributed by atoms with Crippen LogP contribution >= 0.6 is 11.6 Å². The molecule has 1 aromatic heterocycles. The highest BCUT2D eigenvalue weighted by Crippen LogP contribution is 2.25. The van der Waals surface area contributed by atoms with Crippen LogP contribution in [0.2, 0.25) is 5.02 Å². The van der Waals surface area contributed by atoms with Gasteiger partial charge in [-0.15, -0.1) is 0 Å². The first-order chi connectivity index (χ1) is 10.2. The average Bonchev–Trinajstić information content (AvgIpc) is 2.48. The second-order valence-corrected chi connectivity index (χ2v) is 5.11. The summed E-state index contributed by atoms with van der Waals surface area (Å²) in [5.41, 5.74) is 1.43. The summed E-state index contributed by atoms with van der Waals surface area (Å²) in [6.07, 6.45) is 2.29. The fraction of sp³-hybridized carbons (Fsp3) is 0.118. The van der Waals surface area contributed by atoms with Crippen LogP contribution in [0.25, 0.3) is 10.9 Å². The average molecular weight is 302 g/mol. The lowest BCUT2D eigenvalue weighted by Crippen LogP contribution is -2.02. The molecule has 0 aliphatic heterocycles. The summed E-state index contributed by atoms with van der Waals surface area (Å²) in [6.45, 7) is 0.496. The van der Waals surface area contributed by atoms with Crippen LogP contribution in [0, 0.1) is 5.82 Å². The second kappa shape index (κ2) is 6.10. The van der Waals surface area contributed by atoms with Crippen LogP contribution < -0.4 is 4.74 Å². The SMILES string of the molecule is Fc1cccc2c(OCCc3cccc(Cl)c3)ccnc12. The lowest BCUT2D eigenvalue weighted by molar-refractivity contribution is 0.325. The molecule has 0 saturated carbocycles. The van der Waals surface area contributed by atoms with Gasteiger partial charge in [-0.3, -0.25) is 4.98 Å². The van der Waals surface area contributed by atoms with Crippen molar-refractivity contribution in [1.82, 2.24) is 4.98 Å². The molecule has 0 amide bonds. The summed E-state index contributed by atoms with van der Waals surface area (Å²) in [4.78, 5) is 4.05. The number of halogens is 2. The Morgan fingerprint density at radius 1 is 1.10 bits per heavy atom. The maximum atomic E-state index is 13.7. The van der Waals surface area contributed by atoms with Crippen molar-refractivity contribution in [1.29, 1.82) is 0 Å². The number of rotatable bonds is 4. The number of hydrogen-bond donors (Lipinski definition) is 0. The normalized spacial score (nSPS) is 10.8. The summed E-state index contributed by atoms with van der Waals surface area (Å²) >= 11 is 5.95. The molecule has 0 atom stereocenters. The van der Waals surface area contributed by atoms with Crippen LogP contribution in [-0.4, -0.2) is 11.6 Å². The van der Waals surface area contributed by atoms with Crippen molar-refractivity contribution in [2.45, 2.75) is 6.42 Å². The molecular weight excluding hydrogens is 289 g/mol. The molecule has 0 fully saturated rings. The van der Waals surface area contributed by atoms with Crippen molar-refractivity contribution in [3.63, 3.8) is 0 Å². The first kappa shape index (κ1) is 13.8. The minimum Gasteiger partial charge on any atom is -0.492 e. The Morgan fingerprint density at radius 2 is 1.95 bits per heavy atom. The number of fused-ring (bicyclic) bond motifs is 1. The Labute approximate surface area is 127 Å². The van der Waals surface area contributed by atoms with Gasteiger partial charge in [-0.1, -0.05) is 29.8 Å². The van der Waals surface area contributed by atoms with E-state index in [1.165, 1.54) is 6.07 Å². The smallest absolute Gasteiger partial charge is 0.149 e. The second-order valence-electron chi connectivity index (χ2n) is 4.67. The molecule has 3 aromatic rings. The number of ether oxygens (including phenoxy) is 1. The van der Waals surface area contributed by atoms with Crippen LogP contribution in [0.3, 0.4) is 0 Å². The highest BCUT2D eigenvalue weighted by atomic mass is 35.5. The van der Waals surface area contributed by atoms with E-state index in [1.54, 1.807) is 24.4 Å². The number of para-hydroxylation sites is 1. The van der Waals surface area contributed by atoms with Gasteiger partial charge in [0.2, 0.25) is 0 Å². The Balaban J connectivity index is 1.75. The van der Waals surface area contributed by atoms with E-state index in [4.69, 9.17) is 16.3 Å². The molecule has 21 heavy (non-hydrogen) atoms. The number of hydrogen-bond acceptors (Lipinski definition) is 2. The van der Waals surface area contributed by atoms with Crippen molar-refractivity contribution < 1.29 is 9.13 Å². The fourth-order valence-corrected chi connectivity index (χ4v) is 2.42. The van der Waals surface area contributed by atoms with Gasteiger partial charge in [0, 0.05) is 23.0 Å². The topological polar surface area (TPSA) is 22.1 Å². The molecule has 0 aliphatic carbocycles. The largest absolute Gasteiger partial charge is 0.492 e. The molecule has 0 aliphatic rings. The zero-order valence-electron chi connectivity index (χ0n) is 11.2. The molecule has 0 unspecified atom stereocenters. The van der Waals surface area contributed by atoms with Gasteiger partial charge in [-0.2, -0.15) is 0 Å². The predicted molar refractivity (Wildman–Crippen MR) is 82.4 cm³/mol. The highest BCUT2D eigenvalue weighted by molar-refractivity contribution is 6.30. The third-order valence-electron chi connectivity index (χ3n) is 3.22. The third kappa shape index (κ3) is 3.14. The van der Waals surface area contributed by atoms with Gasteiger partial charge in [0.05, 0.1) is 6.61 Å². The van der Waals surface area contributed by atoms with Crippen LogP contribution in [0.4, 0.5) is 4.39 Å². The Morgan fingerprint density at radius 3 is 2.81 bits per heavy atom. The van der Waals surface area contributed by atoms with Crippen LogP contribution in [0.5, 0.6) is 5.75 Å². The maximum Gasteiger partial charge on any atom is 0.149 e. The number of benzene rings is 2. The summed E-state index contributed by atoms with van der Waals surface area (Å²) in [5.74, 6) is 0.300. The molecule has 106 valence electrons. The van der Waals surface area contributed by atoms with E-state index in [0.717, 1.165) is 12.0 Å². The van der Waals surface area contributed by atoms with Crippen molar-refractivity contribution in [2.75, 3.05) is 6.61 Å². The summed E-state index contributed by atoms with van der Waals surface area (Å²) in [5, 5.41) is 1.40. The molecule has 1 heterocycles. The van der Waals surface area contributed by atoms with E-state index in [2.05, 4.69) is 4.98 Å². The van der Waals surface area contributed by atoms with Gasteiger partial charge in [0.25, 0.3) is 0 Å². The standard InChI is InChI=1S/C17H13ClFNO/c18-13-4-1-3-12(11-13)8-10-21-16-7-9-20-17-14(16)5-2-6-15(17)19/h1-7,9,11H,8,10H2. The first-order valence-electron chi connectivity index (χ1n) is 6.64. The Kier molecular flexibility index (Phi) is 4.02. The van der Waals surface area contributed by atoms with Gasteiger partial charge in [-0.05, 0) is 35.9 Å². The van der Waals surface area contributed by atoms with E-state index in [0.29, 0.717) is 28.3 Å². The highest BCUT2D eigenvalue weighted by Gasteiger charge is 2.06. The molecule has 2 aromatic carbocycles. The zero-order chi connectivity index (χ0) is 14.7. The number of aromatic nitrogens is 1. The molecule has 0 N–H and O–H groups in total. The summed E-state index contributed by atoms with van der Waals surface area (Å²) in [6, 6.07) is 14.3. The minimum absolute atomic E-state index is 0.331. The molecular formula is C17H13ClFNO. The summed E-state index contributed by atoms with van der Waals surface area (Å²) < 4.78 is 19.4. The van der Waals surface area contributed by atoms with Gasteiger partial charge in [0.15, 0.2) is 0 Å². The molecule has 4 heteroatoms. The third-order valence-corrected chi connectivity index (χ3v) is 3.45. The van der Waals surface area contributed by atoms with Crippen molar-refractivity contribution >= 4 is 22.5 Å². The lowest BCUT2D eigenvalue weighted by Gasteiger charge is -2.09. The molecule has 2 nitrogen and oxygen atoms in total. The van der Waals surface area contributed by atoms with Gasteiger partial charge >= 0.3 is 0 Å². The molecule has 0 spiro atoms. The quantitative estimate of drug-likeness (QED) is 0.700. The Hall–Kier alpha value is -2.13. The zero-order valence-corrected chi connectivity index (χ0v) is 12.0. The van der Waals surface area contributed by atoms with Crippen molar-refractivity contribution in [3.8, 4) is 5.75 Å². The molecule has 3 rings (SSSR count). The predicted octanol–water partition coefficient (Wildman–Crippen LogP) is 4.65. The monoisotopic (exact) mass is 301 g/mol. The van der Waals surface area contributed by atoms with Gasteiger partial charge in [0.1, 0.15) is 17.1 Å². The van der Waals surface area contributed by atoms with Crippen LogP contribution in [0.15, 0.2) is 54.7 Å². The molecule has 0 bridgehead atoms. The van der Waals surface area contributed by atoms with E-state index in [1.807, 2.05) is 24.3 Å². The van der Waals surface area contributed by atoms with Crippen molar-refractivity contribution in [2.24, 2.45) is 0 Å². The lowest BCUT2D eigenvalue weighted by atomic mass is 10.1. The van der Waals surface area contributed by atoms with E-state index < -0.39 is 0 Å². The summed E-state index contributed by atoms with van der Waals surface area (Å²) in [7, 11) is 0. The van der Waals surface area contributed by atoms with E-state index >= 15 is 0 Å². The van der Waals surface area contributed by atoms with Crippen LogP contribution in [0.1, 0.15) is 5.56 Å². The van der Waals surface area contributed by atoms with E-state index in [-0.39, 0.29) is 5.82 Å². The maximum absolute atomic E-state index is 13.7.